The highest BCUT2D eigenvalue weighted by molar-refractivity contribution is 5.94. The number of amides is 1. The first-order valence-corrected chi connectivity index (χ1v) is 13.9. The van der Waals surface area contributed by atoms with Crippen LogP contribution < -0.4 is 11.1 Å². The van der Waals surface area contributed by atoms with Gasteiger partial charge < -0.3 is 20.5 Å². The van der Waals surface area contributed by atoms with Gasteiger partial charge in [-0.05, 0) is 101 Å². The van der Waals surface area contributed by atoms with E-state index in [1.54, 1.807) is 0 Å². The fourth-order valence-corrected chi connectivity index (χ4v) is 6.50. The Kier molecular flexibility index (Phi) is 6.32. The van der Waals surface area contributed by atoms with Gasteiger partial charge in [-0.1, -0.05) is 18.2 Å². The van der Waals surface area contributed by atoms with Crippen LogP contribution in [0.5, 0.6) is 0 Å². The topological polar surface area (TPSA) is 86.5 Å². The molecule has 0 aliphatic carbocycles. The van der Waals surface area contributed by atoms with Crippen molar-refractivity contribution in [3.8, 4) is 11.1 Å². The van der Waals surface area contributed by atoms with Gasteiger partial charge in [-0.25, -0.2) is 13.8 Å². The Morgan fingerprint density at radius 3 is 2.44 bits per heavy atom. The van der Waals surface area contributed by atoms with Gasteiger partial charge in [-0.2, -0.15) is 0 Å². The molecule has 2 unspecified atom stereocenters. The minimum absolute atomic E-state index is 0.188. The third-order valence-corrected chi connectivity index (χ3v) is 8.55. The molecule has 7 rings (SSSR count). The van der Waals surface area contributed by atoms with Gasteiger partial charge in [-0.3, -0.25) is 4.79 Å². The molecule has 2 atom stereocenters. The second-order valence-electron chi connectivity index (χ2n) is 11.0. The largest absolute Gasteiger partial charge is 0.384 e. The van der Waals surface area contributed by atoms with E-state index in [-0.39, 0.29) is 18.1 Å². The van der Waals surface area contributed by atoms with Crippen molar-refractivity contribution < 1.29 is 23.0 Å². The normalized spacial score (nSPS) is 19.2. The second kappa shape index (κ2) is 10.0. The fourth-order valence-electron chi connectivity index (χ4n) is 6.50. The molecule has 3 aliphatic heterocycles. The van der Waals surface area contributed by atoms with Crippen molar-refractivity contribution in [1.29, 1.82) is 0 Å². The molecule has 208 valence electrons. The number of carbonyl (C=O) groups is 1. The van der Waals surface area contributed by atoms with Crippen LogP contribution in [-0.4, -0.2) is 24.1 Å². The van der Waals surface area contributed by atoms with Gasteiger partial charge in [0.1, 0.15) is 29.7 Å². The quantitative estimate of drug-likeness (QED) is 0.305. The van der Waals surface area contributed by atoms with Crippen LogP contribution in [0.4, 0.5) is 14.6 Å². The Morgan fingerprint density at radius 2 is 1.66 bits per heavy atom. The van der Waals surface area contributed by atoms with E-state index in [2.05, 4.69) is 10.3 Å². The van der Waals surface area contributed by atoms with Gasteiger partial charge in [0.15, 0.2) is 0 Å². The Hall–Kier alpha value is -4.14. The molecule has 4 heterocycles. The number of aromatic nitrogens is 1. The van der Waals surface area contributed by atoms with Crippen molar-refractivity contribution in [2.75, 3.05) is 18.9 Å². The van der Waals surface area contributed by atoms with Crippen molar-refractivity contribution in [3.63, 3.8) is 0 Å². The van der Waals surface area contributed by atoms with Crippen molar-refractivity contribution in [2.45, 2.75) is 44.4 Å². The zero-order valence-electron chi connectivity index (χ0n) is 22.5. The zero-order chi connectivity index (χ0) is 28.2. The molecule has 1 fully saturated rings. The molecule has 0 spiro atoms. The van der Waals surface area contributed by atoms with Crippen molar-refractivity contribution >= 4 is 11.7 Å². The predicted octanol–water partition coefficient (Wildman–Crippen LogP) is 6.26. The van der Waals surface area contributed by atoms with Gasteiger partial charge in [0.2, 0.25) is 0 Å². The first-order valence-electron chi connectivity index (χ1n) is 13.9. The lowest BCUT2D eigenvalue weighted by atomic mass is 9.83. The van der Waals surface area contributed by atoms with E-state index in [9.17, 15) is 13.6 Å². The number of nitrogens with two attached hydrogens (primary N) is 1. The van der Waals surface area contributed by atoms with E-state index in [0.29, 0.717) is 48.2 Å². The van der Waals surface area contributed by atoms with Crippen LogP contribution >= 0.6 is 0 Å². The molecule has 6 nitrogen and oxygen atoms in total. The minimum Gasteiger partial charge on any atom is -0.384 e. The maximum absolute atomic E-state index is 14.5. The van der Waals surface area contributed by atoms with Crippen LogP contribution in [0.15, 0.2) is 60.7 Å². The Balaban J connectivity index is 1.13. The van der Waals surface area contributed by atoms with E-state index in [1.807, 2.05) is 49.4 Å². The number of aryl methyl sites for hydroxylation is 1. The third-order valence-electron chi connectivity index (χ3n) is 8.55. The standard InChI is InChI=1S/C33H29F2N3O3/c1-17-28(25(15-30(36)38-17)18-8-10-40-11-9-18)16-37-33(39)20-3-6-24-27(13-20)32-26-12-19(2-5-23(26)31(24)41-32)22-7-4-21(34)14-29(22)35/h2-7,12-15,18,31-32H,8-11,16H2,1H3,(H2,36,38)(H,37,39). The molecule has 4 aromatic rings. The summed E-state index contributed by atoms with van der Waals surface area (Å²) in [6.45, 7) is 3.69. The summed E-state index contributed by atoms with van der Waals surface area (Å²) in [7, 11) is 0. The lowest BCUT2D eigenvalue weighted by Crippen LogP contribution is -2.26. The molecule has 1 aromatic heterocycles. The highest BCUT2D eigenvalue weighted by atomic mass is 19.1. The molecule has 8 heteroatoms. The maximum Gasteiger partial charge on any atom is 0.251 e. The first kappa shape index (κ1) is 25.8. The highest BCUT2D eigenvalue weighted by Gasteiger charge is 2.43. The van der Waals surface area contributed by atoms with E-state index < -0.39 is 11.6 Å². The Labute approximate surface area is 236 Å². The summed E-state index contributed by atoms with van der Waals surface area (Å²) in [5.41, 5.74) is 14.5. The molecule has 1 saturated heterocycles. The SMILES string of the molecule is Cc1nc(N)cc(C2CCOCC2)c1CNC(=O)c1ccc2c(c1)C1OC2c2ccc(-c3ccc(F)cc3F)cc21. The van der Waals surface area contributed by atoms with Gasteiger partial charge in [0.25, 0.3) is 5.91 Å². The van der Waals surface area contributed by atoms with Crippen LogP contribution in [0.25, 0.3) is 11.1 Å². The van der Waals surface area contributed by atoms with E-state index >= 15 is 0 Å². The summed E-state index contributed by atoms with van der Waals surface area (Å²) in [6.07, 6.45) is 1.23. The summed E-state index contributed by atoms with van der Waals surface area (Å²) in [4.78, 5) is 17.8. The van der Waals surface area contributed by atoms with Crippen LogP contribution in [0.3, 0.4) is 0 Å². The molecular formula is C33H29F2N3O3. The number of fused-ring (bicyclic) bond motifs is 8. The molecule has 3 aromatic carbocycles. The number of nitrogen functional groups attached to an aromatic ring is 1. The summed E-state index contributed by atoms with van der Waals surface area (Å²) >= 11 is 0. The number of benzene rings is 3. The molecule has 41 heavy (non-hydrogen) atoms. The number of ether oxygens (including phenoxy) is 2. The number of anilines is 1. The molecule has 3 N–H and O–H groups in total. The summed E-state index contributed by atoms with van der Waals surface area (Å²) in [5, 5.41) is 3.09. The Morgan fingerprint density at radius 1 is 0.927 bits per heavy atom. The number of carbonyl (C=O) groups excluding carboxylic acids is 1. The average molecular weight is 554 g/mol. The molecule has 2 bridgehead atoms. The molecule has 3 aliphatic rings. The fraction of sp³-hybridized carbons (Fsp3) is 0.273. The molecule has 0 radical (unpaired) electrons. The molecule has 0 saturated carbocycles. The van der Waals surface area contributed by atoms with Crippen LogP contribution in [0.2, 0.25) is 0 Å². The minimum atomic E-state index is -0.614. The molecule has 1 amide bonds. The number of halogens is 2. The monoisotopic (exact) mass is 553 g/mol. The number of pyridine rings is 1. The van der Waals surface area contributed by atoms with Gasteiger partial charge in [-0.15, -0.1) is 0 Å². The number of nitrogens with one attached hydrogen (secondary N) is 1. The summed E-state index contributed by atoms with van der Waals surface area (Å²) in [5.74, 6) is -0.608. The average Bonchev–Trinajstić information content (AvgIpc) is 3.53. The van der Waals surface area contributed by atoms with Crippen molar-refractivity contribution in [2.24, 2.45) is 0 Å². The maximum atomic E-state index is 14.5. The van der Waals surface area contributed by atoms with E-state index in [0.717, 1.165) is 58.0 Å². The predicted molar refractivity (Wildman–Crippen MR) is 150 cm³/mol. The zero-order valence-corrected chi connectivity index (χ0v) is 22.5. The van der Waals surface area contributed by atoms with Crippen molar-refractivity contribution in [1.82, 2.24) is 10.3 Å². The van der Waals surface area contributed by atoms with Gasteiger partial charge >= 0.3 is 0 Å². The summed E-state index contributed by atoms with van der Waals surface area (Å²) < 4.78 is 39.8. The Bertz CT molecular complexity index is 1700. The number of hydrogen-bond donors (Lipinski definition) is 2. The second-order valence-corrected chi connectivity index (χ2v) is 11.0. The van der Waals surface area contributed by atoms with Crippen LogP contribution in [0.1, 0.15) is 80.4 Å². The lowest BCUT2D eigenvalue weighted by Gasteiger charge is -2.26. The van der Waals surface area contributed by atoms with E-state index in [1.165, 1.54) is 12.1 Å². The van der Waals surface area contributed by atoms with Gasteiger partial charge in [0, 0.05) is 42.6 Å². The van der Waals surface area contributed by atoms with Crippen molar-refractivity contribution in [3.05, 3.63) is 117 Å². The lowest BCUT2D eigenvalue weighted by molar-refractivity contribution is 0.0849. The van der Waals surface area contributed by atoms with E-state index in [4.69, 9.17) is 15.2 Å². The van der Waals surface area contributed by atoms with Crippen LogP contribution in [-0.2, 0) is 16.0 Å². The molecular weight excluding hydrogens is 524 g/mol. The first-order chi connectivity index (χ1) is 19.9. The van der Waals surface area contributed by atoms with Gasteiger partial charge in [0.05, 0.1) is 0 Å². The number of hydrogen-bond acceptors (Lipinski definition) is 5. The number of rotatable bonds is 5. The number of nitrogens with zero attached hydrogens (tertiary/aromatic N) is 1. The smallest absolute Gasteiger partial charge is 0.251 e. The summed E-state index contributed by atoms with van der Waals surface area (Å²) in [6, 6.07) is 16.9. The third kappa shape index (κ3) is 4.47. The van der Waals surface area contributed by atoms with Crippen LogP contribution in [0, 0.1) is 18.6 Å². The highest BCUT2D eigenvalue weighted by Crippen LogP contribution is 2.55.